The largest absolute Gasteiger partial charge is 0.457 e. The van der Waals surface area contributed by atoms with Crippen LogP contribution in [0.3, 0.4) is 0 Å². The quantitative estimate of drug-likeness (QED) is 0.282. The first-order valence-corrected chi connectivity index (χ1v) is 12.4. The molecule has 4 aromatic rings. The lowest BCUT2D eigenvalue weighted by Gasteiger charge is -2.19. The van der Waals surface area contributed by atoms with Crippen molar-refractivity contribution in [3.63, 3.8) is 0 Å². The summed E-state index contributed by atoms with van der Waals surface area (Å²) in [5, 5.41) is 14.0. The fraction of sp³-hybridized carbons (Fsp3) is 0.296. The summed E-state index contributed by atoms with van der Waals surface area (Å²) in [6, 6.07) is 14.6. The van der Waals surface area contributed by atoms with Crippen LogP contribution in [0.1, 0.15) is 29.3 Å². The number of nitrogens with one attached hydrogen (secondary N) is 2. The van der Waals surface area contributed by atoms with E-state index in [9.17, 15) is 9.90 Å². The van der Waals surface area contributed by atoms with Gasteiger partial charge in [-0.2, -0.15) is 0 Å². The molecule has 0 aliphatic carbocycles. The molecule has 0 saturated carbocycles. The van der Waals surface area contributed by atoms with Crippen molar-refractivity contribution < 1.29 is 14.6 Å². The molecular formula is C27H28ClN5O3. The number of aromatic amines is 1. The number of likely N-dealkylation sites (tertiary alicyclic amines) is 1. The Labute approximate surface area is 214 Å². The van der Waals surface area contributed by atoms with Crippen LogP contribution in [-0.2, 0) is 0 Å². The molecule has 1 aliphatic rings. The molecule has 3 N–H and O–H groups in total. The summed E-state index contributed by atoms with van der Waals surface area (Å²) >= 11 is 6.52. The number of H-pyrrole nitrogens is 1. The first-order valence-electron chi connectivity index (χ1n) is 12.0. The molecule has 1 fully saturated rings. The van der Waals surface area contributed by atoms with Gasteiger partial charge in [0.05, 0.1) is 22.6 Å². The summed E-state index contributed by atoms with van der Waals surface area (Å²) < 4.78 is 5.83. The highest BCUT2D eigenvalue weighted by Crippen LogP contribution is 2.32. The average Bonchev–Trinajstić information content (AvgIpc) is 3.52. The van der Waals surface area contributed by atoms with E-state index in [4.69, 9.17) is 16.3 Å². The number of fused-ring (bicyclic) bond motifs is 1. The number of para-hydroxylation sites is 1. The van der Waals surface area contributed by atoms with Crippen LogP contribution in [0.25, 0.3) is 11.0 Å². The van der Waals surface area contributed by atoms with Crippen LogP contribution >= 0.6 is 11.6 Å². The first-order chi connectivity index (χ1) is 17.6. The standard InChI is InChI=1S/C27H28ClN5O3/c1-2-33-14-17(10-18(33)15-34)12-29-26-24-22(13-30-27(24)32-16-31-26)25(35)21-9-8-20(11-23(21)28)36-19-6-4-3-5-7-19/h3-9,11,13,16-18,34H,2,10,12,14-15H2,1H3,(H2,29,30,31,32). The molecule has 5 rings (SSSR count). The predicted molar refractivity (Wildman–Crippen MR) is 140 cm³/mol. The number of ketones is 1. The highest BCUT2D eigenvalue weighted by Gasteiger charge is 2.30. The lowest BCUT2D eigenvalue weighted by Crippen LogP contribution is -2.32. The van der Waals surface area contributed by atoms with Crippen molar-refractivity contribution in [3.05, 3.63) is 77.2 Å². The van der Waals surface area contributed by atoms with Gasteiger partial charge in [0.15, 0.2) is 5.78 Å². The molecule has 2 aromatic heterocycles. The Hall–Kier alpha value is -3.46. The zero-order valence-electron chi connectivity index (χ0n) is 19.9. The number of ether oxygens (including phenoxy) is 1. The molecule has 0 radical (unpaired) electrons. The third kappa shape index (κ3) is 4.93. The van der Waals surface area contributed by atoms with Crippen LogP contribution in [0.15, 0.2) is 61.1 Å². The maximum Gasteiger partial charge on any atom is 0.196 e. The molecule has 2 unspecified atom stereocenters. The van der Waals surface area contributed by atoms with E-state index in [1.807, 2.05) is 30.3 Å². The molecule has 3 heterocycles. The van der Waals surface area contributed by atoms with Crippen LogP contribution in [-0.4, -0.2) is 63.0 Å². The number of hydrogen-bond donors (Lipinski definition) is 3. The molecule has 36 heavy (non-hydrogen) atoms. The van der Waals surface area contributed by atoms with Crippen LogP contribution in [0.4, 0.5) is 5.82 Å². The second-order valence-electron chi connectivity index (χ2n) is 8.94. The van der Waals surface area contributed by atoms with E-state index in [1.165, 1.54) is 6.33 Å². The van der Waals surface area contributed by atoms with Gasteiger partial charge in [0, 0.05) is 37.0 Å². The summed E-state index contributed by atoms with van der Waals surface area (Å²) in [6.45, 7) is 4.77. The highest BCUT2D eigenvalue weighted by atomic mass is 35.5. The topological polar surface area (TPSA) is 103 Å². The van der Waals surface area contributed by atoms with E-state index in [1.54, 1.807) is 24.4 Å². The maximum atomic E-state index is 13.5. The number of carbonyl (C=O) groups excluding carboxylic acids is 1. The number of benzene rings is 2. The number of anilines is 1. The molecule has 0 bridgehead atoms. The average molecular weight is 506 g/mol. The van der Waals surface area contributed by atoms with Gasteiger partial charge in [-0.1, -0.05) is 36.7 Å². The minimum absolute atomic E-state index is 0.161. The predicted octanol–water partition coefficient (Wildman–Crippen LogP) is 4.75. The van der Waals surface area contributed by atoms with E-state index < -0.39 is 0 Å². The Morgan fingerprint density at radius 1 is 1.19 bits per heavy atom. The fourth-order valence-corrected chi connectivity index (χ4v) is 5.10. The smallest absolute Gasteiger partial charge is 0.196 e. The normalized spacial score (nSPS) is 18.0. The molecule has 8 nitrogen and oxygen atoms in total. The molecule has 2 atom stereocenters. The van der Waals surface area contributed by atoms with Crippen LogP contribution in [0, 0.1) is 5.92 Å². The van der Waals surface area contributed by atoms with Crippen LogP contribution in [0.5, 0.6) is 11.5 Å². The summed E-state index contributed by atoms with van der Waals surface area (Å²) in [7, 11) is 0. The molecule has 2 aromatic carbocycles. The number of hydrogen-bond acceptors (Lipinski definition) is 7. The van der Waals surface area contributed by atoms with Crippen molar-refractivity contribution in [1.29, 1.82) is 0 Å². The van der Waals surface area contributed by atoms with Crippen molar-refractivity contribution in [2.75, 3.05) is 31.6 Å². The van der Waals surface area contributed by atoms with E-state index in [0.29, 0.717) is 57.0 Å². The van der Waals surface area contributed by atoms with Crippen molar-refractivity contribution in [2.24, 2.45) is 5.92 Å². The molecule has 1 saturated heterocycles. The summed E-state index contributed by atoms with van der Waals surface area (Å²) in [4.78, 5) is 27.6. The second-order valence-corrected chi connectivity index (χ2v) is 9.35. The Kier molecular flexibility index (Phi) is 7.18. The third-order valence-electron chi connectivity index (χ3n) is 6.67. The van der Waals surface area contributed by atoms with E-state index in [2.05, 4.69) is 32.1 Å². The number of likely N-dealkylation sites (N-methyl/N-ethyl adjacent to an activating group) is 1. The number of halogens is 1. The summed E-state index contributed by atoms with van der Waals surface area (Å²) in [5.74, 6) is 1.98. The molecule has 0 spiro atoms. The minimum atomic E-state index is -0.228. The molecule has 186 valence electrons. The van der Waals surface area contributed by atoms with E-state index in [0.717, 1.165) is 19.5 Å². The van der Waals surface area contributed by atoms with Gasteiger partial charge in [-0.25, -0.2) is 9.97 Å². The molecular weight excluding hydrogens is 478 g/mol. The number of aromatic nitrogens is 3. The Balaban J connectivity index is 1.36. The Morgan fingerprint density at radius 3 is 2.75 bits per heavy atom. The van der Waals surface area contributed by atoms with Gasteiger partial charge in [0.2, 0.25) is 0 Å². The number of aliphatic hydroxyl groups excluding tert-OH is 1. The molecule has 1 aliphatic heterocycles. The fourth-order valence-electron chi connectivity index (χ4n) is 4.84. The first kappa shape index (κ1) is 24.2. The maximum absolute atomic E-state index is 13.5. The minimum Gasteiger partial charge on any atom is -0.457 e. The zero-order valence-corrected chi connectivity index (χ0v) is 20.7. The summed E-state index contributed by atoms with van der Waals surface area (Å²) in [5.41, 5.74) is 1.39. The number of aliphatic hydroxyl groups is 1. The SMILES string of the molecule is CCN1CC(CNc2ncnc3[nH]cc(C(=O)c4ccc(Oc5ccccc5)cc4Cl)c23)CC1CO. The number of rotatable bonds is 9. The third-order valence-corrected chi connectivity index (χ3v) is 6.98. The zero-order chi connectivity index (χ0) is 25.1. The van der Waals surface area contributed by atoms with E-state index >= 15 is 0 Å². The Bertz CT molecular complexity index is 1350. The second kappa shape index (κ2) is 10.7. The van der Waals surface area contributed by atoms with Crippen molar-refractivity contribution >= 4 is 34.2 Å². The van der Waals surface area contributed by atoms with Gasteiger partial charge in [-0.05, 0) is 43.1 Å². The lowest BCUT2D eigenvalue weighted by atomic mass is 10.0. The van der Waals surface area contributed by atoms with Gasteiger partial charge in [0.1, 0.15) is 29.3 Å². The van der Waals surface area contributed by atoms with Gasteiger partial charge in [0.25, 0.3) is 0 Å². The monoisotopic (exact) mass is 505 g/mol. The van der Waals surface area contributed by atoms with Gasteiger partial charge >= 0.3 is 0 Å². The van der Waals surface area contributed by atoms with E-state index in [-0.39, 0.29) is 18.4 Å². The lowest BCUT2D eigenvalue weighted by molar-refractivity contribution is 0.104. The summed E-state index contributed by atoms with van der Waals surface area (Å²) in [6.07, 6.45) is 4.03. The van der Waals surface area contributed by atoms with Crippen molar-refractivity contribution in [2.45, 2.75) is 19.4 Å². The van der Waals surface area contributed by atoms with Gasteiger partial charge in [-0.15, -0.1) is 0 Å². The number of nitrogens with zero attached hydrogens (tertiary/aromatic N) is 3. The Morgan fingerprint density at radius 2 is 2.03 bits per heavy atom. The van der Waals surface area contributed by atoms with Crippen molar-refractivity contribution in [3.8, 4) is 11.5 Å². The van der Waals surface area contributed by atoms with Crippen LogP contribution < -0.4 is 10.1 Å². The van der Waals surface area contributed by atoms with Crippen molar-refractivity contribution in [1.82, 2.24) is 19.9 Å². The highest BCUT2D eigenvalue weighted by molar-refractivity contribution is 6.35. The molecule has 9 heteroatoms. The number of carbonyl (C=O) groups is 1. The molecule has 0 amide bonds. The van der Waals surface area contributed by atoms with Crippen LogP contribution in [0.2, 0.25) is 5.02 Å². The van der Waals surface area contributed by atoms with Gasteiger partial charge < -0.3 is 20.1 Å². The van der Waals surface area contributed by atoms with Gasteiger partial charge in [-0.3, -0.25) is 9.69 Å².